The molecule has 0 spiro atoms. The Morgan fingerprint density at radius 2 is 2.36 bits per heavy atom. The Bertz CT molecular complexity index is 253. The van der Waals surface area contributed by atoms with E-state index in [0.29, 0.717) is 0 Å². The number of nitrogens with one attached hydrogen (secondary N) is 1. The molecule has 58 valence electrons. The second-order valence-electron chi connectivity index (χ2n) is 2.13. The Balaban J connectivity index is 2.90. The van der Waals surface area contributed by atoms with Crippen molar-refractivity contribution in [2.45, 2.75) is 0 Å². The van der Waals surface area contributed by atoms with Gasteiger partial charge in [0.25, 0.3) is 0 Å². The first-order valence-electron chi connectivity index (χ1n) is 3.26. The molecule has 0 atom stereocenters. The Morgan fingerprint density at radius 1 is 1.64 bits per heavy atom. The second-order valence-corrected chi connectivity index (χ2v) is 2.13. The van der Waals surface area contributed by atoms with Crippen molar-refractivity contribution in [3.63, 3.8) is 0 Å². The van der Waals surface area contributed by atoms with Crippen LogP contribution in [-0.4, -0.2) is 17.1 Å². The van der Waals surface area contributed by atoms with Crippen molar-refractivity contribution in [3.8, 4) is 5.75 Å². The SMILES string of the molecule is C=C(NC)c1ccc(O)cn1. The number of nitrogens with zero attached hydrogens (tertiary/aromatic N) is 1. The van der Waals surface area contributed by atoms with E-state index in [9.17, 15) is 0 Å². The van der Waals surface area contributed by atoms with Crippen LogP contribution in [0.25, 0.3) is 5.70 Å². The minimum absolute atomic E-state index is 0.164. The molecular weight excluding hydrogens is 140 g/mol. The van der Waals surface area contributed by atoms with Crippen LogP contribution in [0.5, 0.6) is 5.75 Å². The smallest absolute Gasteiger partial charge is 0.133 e. The van der Waals surface area contributed by atoms with Crippen LogP contribution < -0.4 is 5.32 Å². The van der Waals surface area contributed by atoms with Gasteiger partial charge < -0.3 is 10.4 Å². The summed E-state index contributed by atoms with van der Waals surface area (Å²) in [7, 11) is 1.77. The Morgan fingerprint density at radius 3 is 2.82 bits per heavy atom. The molecule has 0 saturated carbocycles. The van der Waals surface area contributed by atoms with Gasteiger partial charge >= 0.3 is 0 Å². The maximum atomic E-state index is 8.90. The fourth-order valence-corrected chi connectivity index (χ4v) is 0.693. The van der Waals surface area contributed by atoms with E-state index < -0.39 is 0 Å². The zero-order valence-electron chi connectivity index (χ0n) is 6.33. The van der Waals surface area contributed by atoms with E-state index in [1.54, 1.807) is 19.2 Å². The number of aromatic hydroxyl groups is 1. The van der Waals surface area contributed by atoms with Crippen molar-refractivity contribution in [1.29, 1.82) is 0 Å². The largest absolute Gasteiger partial charge is 0.506 e. The molecule has 0 aliphatic rings. The molecule has 0 aliphatic carbocycles. The summed E-state index contributed by atoms with van der Waals surface area (Å²) >= 11 is 0. The topological polar surface area (TPSA) is 45.1 Å². The summed E-state index contributed by atoms with van der Waals surface area (Å²) in [6, 6.07) is 3.28. The number of hydrogen-bond donors (Lipinski definition) is 2. The zero-order valence-corrected chi connectivity index (χ0v) is 6.33. The van der Waals surface area contributed by atoms with Crippen molar-refractivity contribution in [2.75, 3.05) is 7.05 Å². The summed E-state index contributed by atoms with van der Waals surface area (Å²) < 4.78 is 0. The van der Waals surface area contributed by atoms with Gasteiger partial charge in [-0.1, -0.05) is 6.58 Å². The van der Waals surface area contributed by atoms with Crippen molar-refractivity contribution < 1.29 is 5.11 Å². The molecule has 11 heavy (non-hydrogen) atoms. The molecular formula is C8H10N2O. The van der Waals surface area contributed by atoms with Crippen LogP contribution in [0.2, 0.25) is 0 Å². The first-order valence-corrected chi connectivity index (χ1v) is 3.26. The van der Waals surface area contributed by atoms with Crippen molar-refractivity contribution in [3.05, 3.63) is 30.6 Å². The van der Waals surface area contributed by atoms with Gasteiger partial charge in [0.05, 0.1) is 17.6 Å². The molecule has 0 aliphatic heterocycles. The van der Waals surface area contributed by atoms with Crippen LogP contribution in [0, 0.1) is 0 Å². The molecule has 1 rings (SSSR count). The lowest BCUT2D eigenvalue weighted by atomic mass is 10.3. The van der Waals surface area contributed by atoms with Gasteiger partial charge in [0, 0.05) is 7.05 Å². The number of aromatic nitrogens is 1. The maximum Gasteiger partial charge on any atom is 0.133 e. The van der Waals surface area contributed by atoms with Gasteiger partial charge in [0.2, 0.25) is 0 Å². The summed E-state index contributed by atoms with van der Waals surface area (Å²) in [5.41, 5.74) is 1.48. The molecule has 0 unspecified atom stereocenters. The minimum Gasteiger partial charge on any atom is -0.506 e. The highest BCUT2D eigenvalue weighted by molar-refractivity contribution is 5.57. The highest BCUT2D eigenvalue weighted by Gasteiger charge is 1.95. The molecule has 2 N–H and O–H groups in total. The molecule has 0 fully saturated rings. The van der Waals surface area contributed by atoms with Gasteiger partial charge in [0.15, 0.2) is 0 Å². The number of hydrogen-bond acceptors (Lipinski definition) is 3. The normalized spacial score (nSPS) is 9.18. The molecule has 0 saturated heterocycles. The minimum atomic E-state index is 0.164. The first-order chi connectivity index (χ1) is 5.24. The molecule has 3 nitrogen and oxygen atoms in total. The van der Waals surface area contributed by atoms with Gasteiger partial charge in [0.1, 0.15) is 5.75 Å². The van der Waals surface area contributed by atoms with E-state index in [1.165, 1.54) is 6.20 Å². The number of pyridine rings is 1. The number of rotatable bonds is 2. The molecule has 1 heterocycles. The summed E-state index contributed by atoms with van der Waals surface area (Å²) in [6.07, 6.45) is 1.39. The van der Waals surface area contributed by atoms with E-state index in [2.05, 4.69) is 16.9 Å². The molecule has 0 radical (unpaired) electrons. The van der Waals surface area contributed by atoms with E-state index in [4.69, 9.17) is 5.11 Å². The van der Waals surface area contributed by atoms with Gasteiger partial charge in [-0.25, -0.2) is 0 Å². The Labute approximate surface area is 65.4 Å². The lowest BCUT2D eigenvalue weighted by Gasteiger charge is -2.02. The third kappa shape index (κ3) is 1.70. The van der Waals surface area contributed by atoms with Gasteiger partial charge in [-0.15, -0.1) is 0 Å². The van der Waals surface area contributed by atoms with E-state index in [0.717, 1.165) is 11.4 Å². The standard InChI is InChI=1S/C8H10N2O/c1-6(9-2)8-4-3-7(11)5-10-8/h3-5,9,11H,1H2,2H3. The fourth-order valence-electron chi connectivity index (χ4n) is 0.693. The van der Waals surface area contributed by atoms with Crippen LogP contribution in [-0.2, 0) is 0 Å². The lowest BCUT2D eigenvalue weighted by Crippen LogP contribution is -2.03. The van der Waals surface area contributed by atoms with Crippen LogP contribution in [0.1, 0.15) is 5.69 Å². The summed E-state index contributed by atoms with van der Waals surface area (Å²) in [4.78, 5) is 3.94. The predicted molar refractivity (Wildman–Crippen MR) is 44.0 cm³/mol. The van der Waals surface area contributed by atoms with Gasteiger partial charge in [-0.2, -0.15) is 0 Å². The first kappa shape index (κ1) is 7.60. The molecule has 0 aromatic carbocycles. The quantitative estimate of drug-likeness (QED) is 0.660. The third-order valence-corrected chi connectivity index (χ3v) is 1.36. The van der Waals surface area contributed by atoms with E-state index >= 15 is 0 Å². The second kappa shape index (κ2) is 3.05. The van der Waals surface area contributed by atoms with Crippen LogP contribution in [0.15, 0.2) is 24.9 Å². The molecule has 3 heteroatoms. The van der Waals surface area contributed by atoms with Gasteiger partial charge in [-0.05, 0) is 12.1 Å². The van der Waals surface area contributed by atoms with E-state index in [1.807, 2.05) is 0 Å². The predicted octanol–water partition coefficient (Wildman–Crippen LogP) is 0.977. The van der Waals surface area contributed by atoms with Crippen molar-refractivity contribution >= 4 is 5.70 Å². The molecule has 0 bridgehead atoms. The summed E-state index contributed by atoms with van der Waals surface area (Å²) in [5, 5.41) is 11.8. The third-order valence-electron chi connectivity index (χ3n) is 1.36. The molecule has 1 aromatic heterocycles. The van der Waals surface area contributed by atoms with Crippen molar-refractivity contribution in [1.82, 2.24) is 10.3 Å². The van der Waals surface area contributed by atoms with Crippen LogP contribution >= 0.6 is 0 Å². The maximum absolute atomic E-state index is 8.90. The average molecular weight is 150 g/mol. The van der Waals surface area contributed by atoms with Gasteiger partial charge in [-0.3, -0.25) is 4.98 Å². The molecule has 1 aromatic rings. The highest BCUT2D eigenvalue weighted by atomic mass is 16.3. The highest BCUT2D eigenvalue weighted by Crippen LogP contribution is 2.09. The summed E-state index contributed by atoms with van der Waals surface area (Å²) in [6.45, 7) is 3.72. The zero-order chi connectivity index (χ0) is 8.27. The monoisotopic (exact) mass is 150 g/mol. The van der Waals surface area contributed by atoms with Crippen LogP contribution in [0.3, 0.4) is 0 Å². The van der Waals surface area contributed by atoms with E-state index in [-0.39, 0.29) is 5.75 Å². The van der Waals surface area contributed by atoms with Crippen molar-refractivity contribution in [2.24, 2.45) is 0 Å². The Hall–Kier alpha value is -1.51. The summed E-state index contributed by atoms with van der Waals surface area (Å²) in [5.74, 6) is 0.164. The lowest BCUT2D eigenvalue weighted by molar-refractivity contribution is 0.472. The molecule has 0 amide bonds. The Kier molecular flexibility index (Phi) is 2.11. The fraction of sp³-hybridized carbons (Fsp3) is 0.125. The van der Waals surface area contributed by atoms with Crippen LogP contribution in [0.4, 0.5) is 0 Å². The average Bonchev–Trinajstić information content (AvgIpc) is 2.05.